The van der Waals surface area contributed by atoms with Gasteiger partial charge in [-0.1, -0.05) is 222 Å². The Bertz CT molecular complexity index is 1210. The smallest absolute Gasteiger partial charge is 0.306 e. The van der Waals surface area contributed by atoms with Crippen LogP contribution in [-0.4, -0.2) is 37.2 Å². The number of esters is 3. The number of carbonyl (C=O) groups is 3. The highest BCUT2D eigenvalue weighted by Crippen LogP contribution is 2.14. The van der Waals surface area contributed by atoms with Crippen molar-refractivity contribution in [1.82, 2.24) is 0 Å². The number of hydrogen-bond donors (Lipinski definition) is 0. The van der Waals surface area contributed by atoms with E-state index in [4.69, 9.17) is 14.2 Å². The van der Waals surface area contributed by atoms with E-state index in [-0.39, 0.29) is 31.1 Å². The molecule has 0 N–H and O–H groups in total. The molecule has 0 heterocycles. The lowest BCUT2D eigenvalue weighted by Gasteiger charge is -2.18. The molecule has 0 aromatic carbocycles. The molecule has 0 spiro atoms. The van der Waals surface area contributed by atoms with Crippen LogP contribution in [0.5, 0.6) is 0 Å². The van der Waals surface area contributed by atoms with E-state index in [1.165, 1.54) is 135 Å². The zero-order valence-electron chi connectivity index (χ0n) is 42.0. The van der Waals surface area contributed by atoms with Crippen LogP contribution in [0.2, 0.25) is 0 Å². The van der Waals surface area contributed by atoms with Crippen molar-refractivity contribution in [1.29, 1.82) is 0 Å². The van der Waals surface area contributed by atoms with Crippen LogP contribution in [0.3, 0.4) is 0 Å². The van der Waals surface area contributed by atoms with E-state index >= 15 is 0 Å². The second-order valence-corrected chi connectivity index (χ2v) is 17.8. The average molecular weight is 893 g/mol. The molecule has 0 aliphatic carbocycles. The van der Waals surface area contributed by atoms with Crippen molar-refractivity contribution in [2.75, 3.05) is 13.2 Å². The monoisotopic (exact) mass is 893 g/mol. The van der Waals surface area contributed by atoms with Crippen LogP contribution >= 0.6 is 0 Å². The second kappa shape index (κ2) is 52.5. The molecule has 1 atom stereocenters. The third-order valence-corrected chi connectivity index (χ3v) is 11.5. The first-order chi connectivity index (χ1) is 31.5. The second-order valence-electron chi connectivity index (χ2n) is 17.8. The van der Waals surface area contributed by atoms with Crippen LogP contribution in [0.4, 0.5) is 0 Å². The molecule has 0 aromatic rings. The highest BCUT2D eigenvalue weighted by atomic mass is 16.6. The Hall–Kier alpha value is -3.15. The van der Waals surface area contributed by atoms with Gasteiger partial charge in [0.25, 0.3) is 0 Å². The summed E-state index contributed by atoms with van der Waals surface area (Å²) >= 11 is 0. The molecule has 0 saturated heterocycles. The fourth-order valence-electron chi connectivity index (χ4n) is 7.44. The van der Waals surface area contributed by atoms with Crippen molar-refractivity contribution in [3.05, 3.63) is 72.9 Å². The van der Waals surface area contributed by atoms with Crippen LogP contribution in [-0.2, 0) is 28.6 Å². The highest BCUT2D eigenvalue weighted by Gasteiger charge is 2.19. The van der Waals surface area contributed by atoms with E-state index in [0.29, 0.717) is 19.3 Å². The minimum Gasteiger partial charge on any atom is -0.462 e. The summed E-state index contributed by atoms with van der Waals surface area (Å²) in [6.45, 7) is 6.45. The maximum Gasteiger partial charge on any atom is 0.306 e. The van der Waals surface area contributed by atoms with Crippen molar-refractivity contribution in [2.24, 2.45) is 0 Å². The van der Waals surface area contributed by atoms with E-state index < -0.39 is 6.10 Å². The molecular weight excluding hydrogens is 793 g/mol. The molecular formula is C58H100O6. The minimum atomic E-state index is -0.800. The Kier molecular flexibility index (Phi) is 49.9. The molecule has 0 aliphatic rings. The summed E-state index contributed by atoms with van der Waals surface area (Å²) < 4.78 is 16.8. The van der Waals surface area contributed by atoms with Crippen molar-refractivity contribution in [2.45, 2.75) is 264 Å². The van der Waals surface area contributed by atoms with Gasteiger partial charge in [0.2, 0.25) is 0 Å². The lowest BCUT2D eigenvalue weighted by molar-refractivity contribution is -0.167. The van der Waals surface area contributed by atoms with Crippen molar-refractivity contribution < 1.29 is 28.6 Å². The largest absolute Gasteiger partial charge is 0.462 e. The summed E-state index contributed by atoms with van der Waals surface area (Å²) in [7, 11) is 0. The van der Waals surface area contributed by atoms with Crippen LogP contribution in [0.1, 0.15) is 258 Å². The topological polar surface area (TPSA) is 78.9 Å². The summed E-state index contributed by atoms with van der Waals surface area (Å²) in [6.07, 6.45) is 66.1. The van der Waals surface area contributed by atoms with Crippen molar-refractivity contribution in [3.8, 4) is 0 Å². The van der Waals surface area contributed by atoms with E-state index in [1.54, 1.807) is 0 Å². The molecule has 6 heteroatoms. The Balaban J connectivity index is 4.41. The Morgan fingerprint density at radius 3 is 1.02 bits per heavy atom. The molecule has 0 fully saturated rings. The van der Waals surface area contributed by atoms with Gasteiger partial charge in [-0.3, -0.25) is 14.4 Å². The fraction of sp³-hybridized carbons (Fsp3) is 0.741. The number of allylic oxidation sites excluding steroid dienone is 12. The molecule has 0 bridgehead atoms. The first-order valence-corrected chi connectivity index (χ1v) is 27.0. The van der Waals surface area contributed by atoms with Gasteiger partial charge in [0.1, 0.15) is 13.2 Å². The van der Waals surface area contributed by atoms with Gasteiger partial charge >= 0.3 is 17.9 Å². The van der Waals surface area contributed by atoms with E-state index in [1.807, 2.05) is 36.5 Å². The van der Waals surface area contributed by atoms with Gasteiger partial charge in [-0.25, -0.2) is 0 Å². The molecule has 1 unspecified atom stereocenters. The van der Waals surface area contributed by atoms with Crippen LogP contribution in [0.25, 0.3) is 0 Å². The molecule has 0 aromatic heterocycles. The number of unbranched alkanes of at least 4 members (excludes halogenated alkanes) is 28. The van der Waals surface area contributed by atoms with Gasteiger partial charge < -0.3 is 14.2 Å². The summed E-state index contributed by atoms with van der Waals surface area (Å²) in [5, 5.41) is 0. The standard InChI is InChI=1S/C58H100O6/c1-4-7-10-13-16-19-22-25-27-28-29-30-31-34-36-39-42-45-48-51-57(60)63-54-55(53-62-56(59)50-47-44-41-38-35-32-24-21-18-15-12-9-6-3)64-58(61)52-49-46-43-40-37-33-26-23-20-17-14-11-8-5-2/h9,12,15,18,21,24,28-29,32-33,35,37,55H,4-8,10-11,13-14,16-17,19-20,22-23,25-27,30-31,34,36,38-54H2,1-3H3/b12-9-,18-15-,24-21-,29-28-,35-32-,37-33-. The zero-order valence-corrected chi connectivity index (χ0v) is 42.0. The van der Waals surface area contributed by atoms with E-state index in [2.05, 4.69) is 57.2 Å². The summed E-state index contributed by atoms with van der Waals surface area (Å²) in [5.41, 5.74) is 0. The molecule has 0 saturated carbocycles. The fourth-order valence-corrected chi connectivity index (χ4v) is 7.44. The van der Waals surface area contributed by atoms with Crippen molar-refractivity contribution >= 4 is 17.9 Å². The molecule has 0 radical (unpaired) electrons. The summed E-state index contributed by atoms with van der Waals surface area (Å²) in [6, 6.07) is 0. The molecule has 6 nitrogen and oxygen atoms in total. The van der Waals surface area contributed by atoms with Crippen LogP contribution in [0, 0.1) is 0 Å². The summed E-state index contributed by atoms with van der Waals surface area (Å²) in [5.74, 6) is -0.953. The molecule has 368 valence electrons. The van der Waals surface area contributed by atoms with Crippen molar-refractivity contribution in [3.63, 3.8) is 0 Å². The van der Waals surface area contributed by atoms with Gasteiger partial charge in [-0.05, 0) is 89.9 Å². The van der Waals surface area contributed by atoms with Gasteiger partial charge in [-0.2, -0.15) is 0 Å². The molecule has 0 rings (SSSR count). The van der Waals surface area contributed by atoms with Gasteiger partial charge in [0, 0.05) is 19.3 Å². The predicted octanol–water partition coefficient (Wildman–Crippen LogP) is 17.8. The lowest BCUT2D eigenvalue weighted by Crippen LogP contribution is -2.30. The van der Waals surface area contributed by atoms with Crippen LogP contribution < -0.4 is 0 Å². The van der Waals surface area contributed by atoms with Gasteiger partial charge in [-0.15, -0.1) is 0 Å². The molecule has 0 amide bonds. The Labute approximate surface area is 395 Å². The number of carbonyl (C=O) groups excluding carboxylic acids is 3. The number of rotatable bonds is 48. The van der Waals surface area contributed by atoms with E-state index in [0.717, 1.165) is 83.5 Å². The molecule has 64 heavy (non-hydrogen) atoms. The molecule has 0 aliphatic heterocycles. The number of ether oxygens (including phenoxy) is 3. The Morgan fingerprint density at radius 2 is 0.625 bits per heavy atom. The first-order valence-electron chi connectivity index (χ1n) is 27.0. The normalized spacial score (nSPS) is 12.6. The van der Waals surface area contributed by atoms with E-state index in [9.17, 15) is 14.4 Å². The maximum atomic E-state index is 12.8. The zero-order chi connectivity index (χ0) is 46.5. The Morgan fingerprint density at radius 1 is 0.328 bits per heavy atom. The van der Waals surface area contributed by atoms with Crippen LogP contribution in [0.15, 0.2) is 72.9 Å². The minimum absolute atomic E-state index is 0.0963. The van der Waals surface area contributed by atoms with Gasteiger partial charge in [0.05, 0.1) is 0 Å². The first kappa shape index (κ1) is 60.9. The van der Waals surface area contributed by atoms with Gasteiger partial charge in [0.15, 0.2) is 6.10 Å². The average Bonchev–Trinajstić information content (AvgIpc) is 3.29. The third kappa shape index (κ3) is 49.9. The highest BCUT2D eigenvalue weighted by molar-refractivity contribution is 5.71. The SMILES string of the molecule is CC\C=C/C=C\C=C/C=C\CCCCCC(=O)OCC(COC(=O)CCCCCCCCC/C=C\CCCCCCCCCC)OC(=O)CCCCC/C=C\CCCCCCCCC. The summed E-state index contributed by atoms with van der Waals surface area (Å²) in [4.78, 5) is 38.0. The predicted molar refractivity (Wildman–Crippen MR) is 274 cm³/mol. The maximum absolute atomic E-state index is 12.8. The quantitative estimate of drug-likeness (QED) is 0.0199. The lowest BCUT2D eigenvalue weighted by atomic mass is 10.1. The number of hydrogen-bond acceptors (Lipinski definition) is 6. The third-order valence-electron chi connectivity index (χ3n) is 11.5.